The summed E-state index contributed by atoms with van der Waals surface area (Å²) in [5.41, 5.74) is -0.212. The Morgan fingerprint density at radius 3 is 2.78 bits per heavy atom. The number of aromatic hydroxyl groups is 1. The number of halogens is 1. The first-order valence-electron chi connectivity index (χ1n) is 2.28. The van der Waals surface area contributed by atoms with Crippen LogP contribution in [0.1, 0.15) is 0 Å². The topological polar surface area (TPSA) is 42.2 Å². The lowest BCUT2D eigenvalue weighted by Gasteiger charge is -1.91. The van der Waals surface area contributed by atoms with Gasteiger partial charge in [-0.05, 0) is 6.07 Å². The van der Waals surface area contributed by atoms with Crippen LogP contribution in [0.5, 0.6) is 5.75 Å². The summed E-state index contributed by atoms with van der Waals surface area (Å²) in [5.74, 6) is 0.00733. The minimum absolute atomic E-state index is 0.00733. The Kier molecular flexibility index (Phi) is 1.75. The highest BCUT2D eigenvalue weighted by atomic mass is 127. The minimum atomic E-state index is -0.212. The molecule has 0 saturated carbocycles. The predicted octanol–water partition coefficient (Wildman–Crippen LogP) is 0.752. The quantitative estimate of drug-likeness (QED) is 0.676. The van der Waals surface area contributed by atoms with Crippen LogP contribution in [0, 0.1) is 0 Å². The van der Waals surface area contributed by atoms with Crippen molar-refractivity contribution in [3.8, 4) is 5.75 Å². The Balaban J connectivity index is 3.34. The van der Waals surface area contributed by atoms with Gasteiger partial charge in [0.15, 0.2) is 0 Å². The minimum Gasteiger partial charge on any atom is -0.508 e. The normalized spacial score (nSPS) is 9.44. The van der Waals surface area contributed by atoms with E-state index in [0.29, 0.717) is 0 Å². The molecule has 0 atom stereocenters. The maximum absolute atomic E-state index is 10.6. The monoisotopic (exact) mass is 237 g/mol. The van der Waals surface area contributed by atoms with Gasteiger partial charge in [-0.15, -0.1) is 0 Å². The molecule has 0 bridgehead atoms. The largest absolute Gasteiger partial charge is 0.508 e. The van der Waals surface area contributed by atoms with Gasteiger partial charge < -0.3 is 5.11 Å². The van der Waals surface area contributed by atoms with Gasteiger partial charge in [0.25, 0.3) is 5.56 Å². The van der Waals surface area contributed by atoms with E-state index in [0.717, 1.165) is 6.07 Å². The van der Waals surface area contributed by atoms with Gasteiger partial charge in [-0.3, -0.25) is 7.58 Å². The van der Waals surface area contributed by atoms with Crippen LogP contribution in [-0.2, 0) is 0 Å². The molecule has 1 aromatic heterocycles. The average molecular weight is 237 g/mol. The summed E-state index contributed by atoms with van der Waals surface area (Å²) >= 11 is 1.83. The summed E-state index contributed by atoms with van der Waals surface area (Å²) < 4.78 is 1.36. The van der Waals surface area contributed by atoms with Gasteiger partial charge in [0, 0.05) is 12.3 Å². The first kappa shape index (κ1) is 6.60. The van der Waals surface area contributed by atoms with Gasteiger partial charge in [0.05, 0.1) is 22.9 Å². The number of pyridine rings is 1. The molecule has 0 fully saturated rings. The molecular formula is C5H4INO2. The van der Waals surface area contributed by atoms with Crippen molar-refractivity contribution in [2.75, 3.05) is 0 Å². The molecule has 0 unspecified atom stereocenters. The third-order valence-corrected chi connectivity index (χ3v) is 1.66. The third-order valence-electron chi connectivity index (χ3n) is 0.858. The van der Waals surface area contributed by atoms with E-state index in [1.165, 1.54) is 15.0 Å². The van der Waals surface area contributed by atoms with Crippen molar-refractivity contribution in [1.82, 2.24) is 2.78 Å². The molecule has 0 aliphatic heterocycles. The smallest absolute Gasteiger partial charge is 0.263 e. The standard InChI is InChI=1S/C5H4INO2/c6-7-2-1-4(8)3-5(7)9/h1-3,8H. The molecule has 3 nitrogen and oxygen atoms in total. The lowest BCUT2D eigenvalue weighted by atomic mass is 10.5. The van der Waals surface area contributed by atoms with Crippen molar-refractivity contribution in [3.63, 3.8) is 0 Å². The zero-order chi connectivity index (χ0) is 6.85. The Labute approximate surface area is 65.4 Å². The van der Waals surface area contributed by atoms with Crippen LogP contribution in [-0.4, -0.2) is 7.89 Å². The molecule has 1 N–H and O–H groups in total. The van der Waals surface area contributed by atoms with Crippen molar-refractivity contribution < 1.29 is 5.11 Å². The number of nitrogens with zero attached hydrogens (tertiary/aromatic N) is 1. The van der Waals surface area contributed by atoms with Crippen LogP contribution in [0.2, 0.25) is 0 Å². The highest BCUT2D eigenvalue weighted by Crippen LogP contribution is 2.01. The molecule has 1 heterocycles. The highest BCUT2D eigenvalue weighted by molar-refractivity contribution is 14.1. The molecule has 0 spiro atoms. The summed E-state index contributed by atoms with van der Waals surface area (Å²) in [6.07, 6.45) is 1.50. The van der Waals surface area contributed by atoms with Crippen molar-refractivity contribution in [2.24, 2.45) is 0 Å². The molecule has 0 saturated heterocycles. The van der Waals surface area contributed by atoms with E-state index in [2.05, 4.69) is 0 Å². The number of hydrogen-bond acceptors (Lipinski definition) is 2. The number of aromatic nitrogens is 1. The Hall–Kier alpha value is -0.520. The van der Waals surface area contributed by atoms with Crippen molar-refractivity contribution in [1.29, 1.82) is 0 Å². The van der Waals surface area contributed by atoms with Crippen LogP contribution < -0.4 is 5.56 Å². The Bertz CT molecular complexity index is 268. The molecule has 9 heavy (non-hydrogen) atoms. The van der Waals surface area contributed by atoms with E-state index in [1.54, 1.807) is 0 Å². The zero-order valence-electron chi connectivity index (χ0n) is 4.41. The summed E-state index contributed by atoms with van der Waals surface area (Å²) in [6.45, 7) is 0. The first-order valence-corrected chi connectivity index (χ1v) is 3.24. The van der Waals surface area contributed by atoms with Crippen molar-refractivity contribution >= 4 is 22.9 Å². The van der Waals surface area contributed by atoms with E-state index in [1.807, 2.05) is 22.9 Å². The maximum Gasteiger partial charge on any atom is 0.263 e. The van der Waals surface area contributed by atoms with Crippen LogP contribution >= 0.6 is 22.9 Å². The van der Waals surface area contributed by atoms with Crippen molar-refractivity contribution in [2.45, 2.75) is 0 Å². The fourth-order valence-corrected chi connectivity index (χ4v) is 0.752. The highest BCUT2D eigenvalue weighted by Gasteiger charge is 1.90. The van der Waals surface area contributed by atoms with Crippen LogP contribution in [0.25, 0.3) is 0 Å². The fraction of sp³-hybridized carbons (Fsp3) is 0. The lowest BCUT2D eigenvalue weighted by Crippen LogP contribution is -2.07. The second-order valence-electron chi connectivity index (χ2n) is 1.53. The number of rotatable bonds is 0. The van der Waals surface area contributed by atoms with Crippen molar-refractivity contribution in [3.05, 3.63) is 28.7 Å². The molecule has 0 aliphatic carbocycles. The van der Waals surface area contributed by atoms with Crippen LogP contribution in [0.15, 0.2) is 23.1 Å². The molecule has 0 radical (unpaired) electrons. The van der Waals surface area contributed by atoms with Gasteiger partial charge in [-0.25, -0.2) is 0 Å². The van der Waals surface area contributed by atoms with Crippen LogP contribution in [0.4, 0.5) is 0 Å². The summed E-state index contributed by atoms with van der Waals surface area (Å²) in [7, 11) is 0. The SMILES string of the molecule is O=c1cc(O)ccn1I. The maximum atomic E-state index is 10.6. The van der Waals surface area contributed by atoms with Gasteiger partial charge in [-0.2, -0.15) is 0 Å². The molecule has 1 rings (SSSR count). The van der Waals surface area contributed by atoms with Gasteiger partial charge >= 0.3 is 0 Å². The predicted molar refractivity (Wildman–Crippen MR) is 41.8 cm³/mol. The van der Waals surface area contributed by atoms with E-state index in [4.69, 9.17) is 5.11 Å². The van der Waals surface area contributed by atoms with Gasteiger partial charge in [0.2, 0.25) is 0 Å². The fourth-order valence-electron chi connectivity index (χ4n) is 0.452. The molecule has 0 amide bonds. The molecule has 0 aliphatic rings. The molecule has 1 aromatic rings. The second-order valence-corrected chi connectivity index (χ2v) is 2.57. The average Bonchev–Trinajstić information content (AvgIpc) is 1.80. The van der Waals surface area contributed by atoms with E-state index >= 15 is 0 Å². The second kappa shape index (κ2) is 2.38. The van der Waals surface area contributed by atoms with E-state index < -0.39 is 0 Å². The third kappa shape index (κ3) is 1.44. The summed E-state index contributed by atoms with van der Waals surface area (Å²) in [4.78, 5) is 10.6. The Morgan fingerprint density at radius 2 is 2.33 bits per heavy atom. The lowest BCUT2D eigenvalue weighted by molar-refractivity contribution is 0.473. The molecular weight excluding hydrogens is 233 g/mol. The zero-order valence-corrected chi connectivity index (χ0v) is 6.57. The van der Waals surface area contributed by atoms with Gasteiger partial charge in [0.1, 0.15) is 5.75 Å². The summed E-state index contributed by atoms with van der Waals surface area (Å²) in [5, 5.41) is 8.72. The molecule has 48 valence electrons. The van der Waals surface area contributed by atoms with E-state index in [-0.39, 0.29) is 11.3 Å². The summed E-state index contributed by atoms with van der Waals surface area (Å²) in [6, 6.07) is 2.61. The Morgan fingerprint density at radius 1 is 1.67 bits per heavy atom. The van der Waals surface area contributed by atoms with E-state index in [9.17, 15) is 4.79 Å². The van der Waals surface area contributed by atoms with Crippen LogP contribution in [0.3, 0.4) is 0 Å². The molecule has 4 heteroatoms. The first-order chi connectivity index (χ1) is 4.20. The number of hydrogen-bond donors (Lipinski definition) is 1. The molecule has 0 aromatic carbocycles. The van der Waals surface area contributed by atoms with Gasteiger partial charge in [-0.1, -0.05) is 0 Å².